The van der Waals surface area contributed by atoms with Gasteiger partial charge in [-0.25, -0.2) is 8.78 Å². The van der Waals surface area contributed by atoms with Crippen molar-refractivity contribution in [3.8, 4) is 0 Å². The Kier molecular flexibility index (Phi) is 6.89. The smallest absolute Gasteiger partial charge is 0.251 e. The normalized spacial score (nSPS) is 12.1. The van der Waals surface area contributed by atoms with Gasteiger partial charge in [0.05, 0.1) is 6.54 Å². The molecule has 0 aromatic carbocycles. The summed E-state index contributed by atoms with van der Waals surface area (Å²) >= 11 is 1.75. The summed E-state index contributed by atoms with van der Waals surface area (Å²) in [5.74, 6) is 0.637. The molecule has 1 rings (SSSR count). The lowest BCUT2D eigenvalue weighted by Gasteiger charge is -2.15. The Labute approximate surface area is 118 Å². The summed E-state index contributed by atoms with van der Waals surface area (Å²) in [6, 6.07) is 2.13. The summed E-state index contributed by atoms with van der Waals surface area (Å²) in [6.07, 6.45) is -2.27. The van der Waals surface area contributed by atoms with Gasteiger partial charge in [-0.3, -0.25) is 4.90 Å². The number of halogens is 2. The van der Waals surface area contributed by atoms with Crippen LogP contribution < -0.4 is 5.32 Å². The molecule has 0 atom stereocenters. The van der Waals surface area contributed by atoms with Crippen molar-refractivity contribution in [2.75, 3.05) is 20.1 Å². The highest BCUT2D eigenvalue weighted by Gasteiger charge is 2.11. The molecule has 0 aliphatic rings. The quantitative estimate of drug-likeness (QED) is 0.788. The fourth-order valence-electron chi connectivity index (χ4n) is 1.91. The molecule has 0 aliphatic heterocycles. The molecule has 0 unspecified atom stereocenters. The van der Waals surface area contributed by atoms with Gasteiger partial charge in [-0.15, -0.1) is 11.3 Å². The molecule has 19 heavy (non-hydrogen) atoms. The molecular weight excluding hydrogens is 266 g/mol. The number of nitrogens with one attached hydrogen (secondary N) is 1. The first-order valence-corrected chi connectivity index (χ1v) is 7.45. The predicted octanol–water partition coefficient (Wildman–Crippen LogP) is 3.50. The van der Waals surface area contributed by atoms with Crippen LogP contribution in [0.5, 0.6) is 0 Å². The Hall–Kier alpha value is -0.520. The predicted molar refractivity (Wildman–Crippen MR) is 77.9 cm³/mol. The van der Waals surface area contributed by atoms with E-state index in [2.05, 4.69) is 32.2 Å². The Morgan fingerprint density at radius 3 is 2.63 bits per heavy atom. The Morgan fingerprint density at radius 1 is 1.37 bits per heavy atom. The third-order valence-electron chi connectivity index (χ3n) is 2.81. The fraction of sp³-hybridized carbons (Fsp3) is 0.714. The fourth-order valence-corrected chi connectivity index (χ4v) is 2.93. The van der Waals surface area contributed by atoms with E-state index in [-0.39, 0.29) is 6.54 Å². The number of hydrogen-bond acceptors (Lipinski definition) is 3. The third kappa shape index (κ3) is 6.45. The number of alkyl halides is 2. The zero-order valence-corrected chi connectivity index (χ0v) is 13.0. The van der Waals surface area contributed by atoms with Crippen molar-refractivity contribution in [3.05, 3.63) is 21.4 Å². The van der Waals surface area contributed by atoms with Gasteiger partial charge in [0.15, 0.2) is 0 Å². The van der Waals surface area contributed by atoms with Crippen LogP contribution in [0, 0.1) is 12.8 Å². The van der Waals surface area contributed by atoms with Crippen LogP contribution >= 0.6 is 11.3 Å². The number of nitrogens with zero attached hydrogens (tertiary/aromatic N) is 1. The van der Waals surface area contributed by atoms with E-state index in [9.17, 15) is 8.78 Å². The second-order valence-electron chi connectivity index (χ2n) is 5.41. The monoisotopic (exact) mass is 290 g/mol. The number of hydrogen-bond donors (Lipinski definition) is 1. The van der Waals surface area contributed by atoms with E-state index in [4.69, 9.17) is 0 Å². The summed E-state index contributed by atoms with van der Waals surface area (Å²) < 4.78 is 24.6. The number of aryl methyl sites for hydroxylation is 1. The number of thiophene rings is 1. The minimum absolute atomic E-state index is 0.170. The Morgan fingerprint density at radius 2 is 2.05 bits per heavy atom. The van der Waals surface area contributed by atoms with E-state index in [1.165, 1.54) is 9.75 Å². The first kappa shape index (κ1) is 16.5. The lowest BCUT2D eigenvalue weighted by Crippen LogP contribution is -2.24. The summed E-state index contributed by atoms with van der Waals surface area (Å²) in [7, 11) is 1.74. The molecule has 0 amide bonds. The molecule has 110 valence electrons. The number of rotatable bonds is 8. The molecule has 1 N–H and O–H groups in total. The lowest BCUT2D eigenvalue weighted by molar-refractivity contribution is 0.0975. The van der Waals surface area contributed by atoms with Crippen LogP contribution in [-0.4, -0.2) is 31.5 Å². The SMILES string of the molecule is Cc1sc(CNCC(C)C)cc1CN(C)CC(F)F. The molecule has 5 heteroatoms. The van der Waals surface area contributed by atoms with Crippen molar-refractivity contribution in [1.29, 1.82) is 0 Å². The standard InChI is InChI=1S/C14H24F2N2S/c1-10(2)6-17-7-13-5-12(11(3)19-13)8-18(4)9-14(15)16/h5,10,14,17H,6-9H2,1-4H3. The van der Waals surface area contributed by atoms with Gasteiger partial charge < -0.3 is 5.32 Å². The van der Waals surface area contributed by atoms with E-state index in [1.807, 2.05) is 0 Å². The van der Waals surface area contributed by atoms with Crippen molar-refractivity contribution in [3.63, 3.8) is 0 Å². The highest BCUT2D eigenvalue weighted by Crippen LogP contribution is 2.22. The zero-order valence-electron chi connectivity index (χ0n) is 12.2. The van der Waals surface area contributed by atoms with Gasteiger partial charge in [-0.1, -0.05) is 13.8 Å². The average Bonchev–Trinajstić information content (AvgIpc) is 2.57. The second-order valence-corrected chi connectivity index (χ2v) is 6.75. The van der Waals surface area contributed by atoms with Crippen LogP contribution in [0.3, 0.4) is 0 Å². The summed E-state index contributed by atoms with van der Waals surface area (Å²) in [5.41, 5.74) is 1.16. The molecule has 2 nitrogen and oxygen atoms in total. The maximum atomic E-state index is 12.3. The largest absolute Gasteiger partial charge is 0.312 e. The molecule has 1 aromatic rings. The van der Waals surface area contributed by atoms with E-state index < -0.39 is 6.43 Å². The van der Waals surface area contributed by atoms with Crippen LogP contribution in [0.4, 0.5) is 8.78 Å². The van der Waals surface area contributed by atoms with Crippen molar-refractivity contribution >= 4 is 11.3 Å². The maximum absolute atomic E-state index is 12.3. The van der Waals surface area contributed by atoms with E-state index >= 15 is 0 Å². The average molecular weight is 290 g/mol. The van der Waals surface area contributed by atoms with Crippen LogP contribution in [0.2, 0.25) is 0 Å². The maximum Gasteiger partial charge on any atom is 0.251 e. The third-order valence-corrected chi connectivity index (χ3v) is 3.91. The lowest BCUT2D eigenvalue weighted by atomic mass is 10.2. The summed E-state index contributed by atoms with van der Waals surface area (Å²) in [4.78, 5) is 4.17. The topological polar surface area (TPSA) is 15.3 Å². The Bertz CT molecular complexity index is 378. The van der Waals surface area contributed by atoms with Gasteiger partial charge in [0, 0.05) is 22.8 Å². The van der Waals surface area contributed by atoms with Crippen LogP contribution in [-0.2, 0) is 13.1 Å². The first-order valence-electron chi connectivity index (χ1n) is 6.64. The van der Waals surface area contributed by atoms with Crippen LogP contribution in [0.15, 0.2) is 6.07 Å². The van der Waals surface area contributed by atoms with E-state index in [0.29, 0.717) is 12.5 Å². The molecule has 1 heterocycles. The second kappa shape index (κ2) is 7.92. The molecular formula is C14H24F2N2S. The van der Waals surface area contributed by atoms with Crippen LogP contribution in [0.25, 0.3) is 0 Å². The molecule has 0 aliphatic carbocycles. The van der Waals surface area contributed by atoms with Gasteiger partial charge >= 0.3 is 0 Å². The molecule has 0 bridgehead atoms. The first-order chi connectivity index (χ1) is 8.88. The molecule has 0 saturated heterocycles. The van der Waals surface area contributed by atoms with Gasteiger partial charge in [0.1, 0.15) is 0 Å². The molecule has 0 fully saturated rings. The van der Waals surface area contributed by atoms with Crippen molar-refractivity contribution in [2.24, 2.45) is 5.92 Å². The molecule has 0 radical (unpaired) electrons. The minimum atomic E-state index is -2.27. The minimum Gasteiger partial charge on any atom is -0.312 e. The van der Waals surface area contributed by atoms with Gasteiger partial charge in [0.2, 0.25) is 0 Å². The van der Waals surface area contributed by atoms with Gasteiger partial charge in [0.25, 0.3) is 6.43 Å². The highest BCUT2D eigenvalue weighted by molar-refractivity contribution is 7.12. The Balaban J connectivity index is 2.49. The molecule has 0 saturated carbocycles. The van der Waals surface area contributed by atoms with E-state index in [1.54, 1.807) is 23.3 Å². The van der Waals surface area contributed by atoms with Crippen molar-refractivity contribution < 1.29 is 8.78 Å². The highest BCUT2D eigenvalue weighted by atomic mass is 32.1. The van der Waals surface area contributed by atoms with Gasteiger partial charge in [-0.05, 0) is 38.1 Å². The van der Waals surface area contributed by atoms with E-state index in [0.717, 1.165) is 18.7 Å². The van der Waals surface area contributed by atoms with Crippen LogP contribution in [0.1, 0.15) is 29.2 Å². The molecule has 0 spiro atoms. The summed E-state index contributed by atoms with van der Waals surface area (Å²) in [6.45, 7) is 8.70. The van der Waals surface area contributed by atoms with Crippen molar-refractivity contribution in [2.45, 2.75) is 40.3 Å². The van der Waals surface area contributed by atoms with Gasteiger partial charge in [-0.2, -0.15) is 0 Å². The molecule has 1 aromatic heterocycles. The van der Waals surface area contributed by atoms with Crippen molar-refractivity contribution in [1.82, 2.24) is 10.2 Å². The summed E-state index contributed by atoms with van der Waals surface area (Å²) in [5, 5.41) is 3.40. The zero-order chi connectivity index (χ0) is 14.4.